The van der Waals surface area contributed by atoms with Crippen molar-refractivity contribution in [1.82, 2.24) is 0 Å². The Balaban J connectivity index is 2.30. The van der Waals surface area contributed by atoms with E-state index >= 15 is 0 Å². The summed E-state index contributed by atoms with van der Waals surface area (Å²) < 4.78 is 37.6. The van der Waals surface area contributed by atoms with E-state index in [9.17, 15) is 8.42 Å². The lowest BCUT2D eigenvalue weighted by atomic mass is 10.3. The Labute approximate surface area is 125 Å². The van der Waals surface area contributed by atoms with Crippen LogP contribution in [0.25, 0.3) is 0 Å². The molecule has 0 aliphatic carbocycles. The van der Waals surface area contributed by atoms with Crippen molar-refractivity contribution in [1.29, 1.82) is 0 Å². The molecule has 2 rings (SSSR count). The van der Waals surface area contributed by atoms with Crippen molar-refractivity contribution < 1.29 is 17.6 Å². The summed E-state index contributed by atoms with van der Waals surface area (Å²) in [5.74, 6) is 0.927. The third-order valence-electron chi connectivity index (χ3n) is 2.46. The van der Waals surface area contributed by atoms with E-state index in [0.29, 0.717) is 21.7 Å². The van der Waals surface area contributed by atoms with Crippen molar-refractivity contribution in [2.24, 2.45) is 5.73 Å². The fraction of sp³-hybridized carbons (Fsp3) is 0.167. The first-order valence-electron chi connectivity index (χ1n) is 5.61. The highest BCUT2D eigenvalue weighted by molar-refractivity contribution is 9.10. The highest BCUT2D eigenvalue weighted by atomic mass is 79.9. The minimum Gasteiger partial charge on any atom is -0.497 e. The number of anilines is 1. The van der Waals surface area contributed by atoms with E-state index in [1.54, 1.807) is 18.2 Å². The maximum Gasteiger partial charge on any atom is 0.295 e. The van der Waals surface area contributed by atoms with Gasteiger partial charge in [-0.2, -0.15) is 8.42 Å². The molecule has 8 heteroatoms. The van der Waals surface area contributed by atoms with Crippen LogP contribution < -0.4 is 15.2 Å². The van der Waals surface area contributed by atoms with E-state index in [1.165, 1.54) is 19.2 Å². The highest BCUT2D eigenvalue weighted by Gasteiger charge is 2.19. The van der Waals surface area contributed by atoms with E-state index in [1.807, 2.05) is 0 Å². The summed E-state index contributed by atoms with van der Waals surface area (Å²) in [5, 5.41) is -0.183. The quantitative estimate of drug-likeness (QED) is 0.852. The Morgan fingerprint density at radius 2 is 2.10 bits per heavy atom. The molecule has 0 atom stereocenters. The molecule has 6 nitrogen and oxygen atoms in total. The lowest BCUT2D eigenvalue weighted by Crippen LogP contribution is -2.12. The van der Waals surface area contributed by atoms with Gasteiger partial charge in [0.1, 0.15) is 11.5 Å². The van der Waals surface area contributed by atoms with E-state index in [-0.39, 0.29) is 11.6 Å². The molecule has 1 aromatic heterocycles. The molecule has 0 aliphatic rings. The summed E-state index contributed by atoms with van der Waals surface area (Å²) >= 11 is 3.28. The van der Waals surface area contributed by atoms with Crippen LogP contribution in [0, 0.1) is 0 Å². The normalized spacial score (nSPS) is 11.3. The molecule has 108 valence electrons. The molecule has 0 saturated carbocycles. The van der Waals surface area contributed by atoms with Crippen molar-refractivity contribution in [2.45, 2.75) is 11.6 Å². The van der Waals surface area contributed by atoms with Gasteiger partial charge < -0.3 is 14.9 Å². The van der Waals surface area contributed by atoms with Gasteiger partial charge in [0.2, 0.25) is 5.09 Å². The number of ether oxygens (including phenoxy) is 1. The van der Waals surface area contributed by atoms with Crippen molar-refractivity contribution in [2.75, 3.05) is 11.8 Å². The van der Waals surface area contributed by atoms with Crippen molar-refractivity contribution in [3.8, 4) is 5.75 Å². The molecule has 1 aromatic carbocycles. The molecule has 0 aliphatic heterocycles. The van der Waals surface area contributed by atoms with E-state index in [2.05, 4.69) is 20.7 Å². The van der Waals surface area contributed by atoms with Gasteiger partial charge in [0.25, 0.3) is 10.0 Å². The van der Waals surface area contributed by atoms with Gasteiger partial charge in [-0.05, 0) is 24.3 Å². The van der Waals surface area contributed by atoms with Crippen LogP contribution in [-0.2, 0) is 16.6 Å². The van der Waals surface area contributed by atoms with Gasteiger partial charge >= 0.3 is 0 Å². The molecule has 1 heterocycles. The number of nitrogens with two attached hydrogens (primary N) is 1. The topological polar surface area (TPSA) is 94.6 Å². The summed E-state index contributed by atoms with van der Waals surface area (Å²) in [6.07, 6.45) is 0. The lowest BCUT2D eigenvalue weighted by molar-refractivity contribution is 0.414. The average molecular weight is 361 g/mol. The monoisotopic (exact) mass is 360 g/mol. The molecule has 0 radical (unpaired) electrons. The molecule has 0 amide bonds. The third kappa shape index (κ3) is 3.33. The van der Waals surface area contributed by atoms with Gasteiger partial charge in [0.15, 0.2) is 0 Å². The van der Waals surface area contributed by atoms with E-state index in [4.69, 9.17) is 14.9 Å². The Morgan fingerprint density at radius 1 is 1.35 bits per heavy atom. The number of hydrogen-bond acceptors (Lipinski definition) is 5. The van der Waals surface area contributed by atoms with Crippen molar-refractivity contribution in [3.63, 3.8) is 0 Å². The fourth-order valence-corrected chi connectivity index (χ4v) is 3.02. The minimum atomic E-state index is -3.79. The molecule has 3 N–H and O–H groups in total. The molecular weight excluding hydrogens is 348 g/mol. The van der Waals surface area contributed by atoms with Gasteiger partial charge in [-0.3, -0.25) is 4.72 Å². The number of nitrogens with one attached hydrogen (secondary N) is 1. The fourth-order valence-electron chi connectivity index (χ4n) is 1.56. The maximum atomic E-state index is 12.1. The first kappa shape index (κ1) is 14.9. The number of hydrogen-bond donors (Lipinski definition) is 2. The summed E-state index contributed by atoms with van der Waals surface area (Å²) in [5.41, 5.74) is 5.75. The Hall–Kier alpha value is -1.51. The number of benzene rings is 1. The van der Waals surface area contributed by atoms with Gasteiger partial charge in [-0.25, -0.2) is 0 Å². The van der Waals surface area contributed by atoms with Gasteiger partial charge in [-0.15, -0.1) is 0 Å². The summed E-state index contributed by atoms with van der Waals surface area (Å²) in [6.45, 7) is 0.139. The zero-order valence-electron chi connectivity index (χ0n) is 10.6. The minimum absolute atomic E-state index is 0.139. The number of sulfonamides is 1. The number of methoxy groups -OCH3 is 1. The predicted molar refractivity (Wildman–Crippen MR) is 78.1 cm³/mol. The first-order chi connectivity index (χ1) is 9.44. The molecule has 0 saturated heterocycles. The molecular formula is C12H13BrN2O4S. The maximum absolute atomic E-state index is 12.1. The van der Waals surface area contributed by atoms with Crippen LogP contribution in [0.4, 0.5) is 5.69 Å². The van der Waals surface area contributed by atoms with Crippen molar-refractivity contribution >= 4 is 31.6 Å². The van der Waals surface area contributed by atoms with Crippen molar-refractivity contribution in [3.05, 3.63) is 40.6 Å². The second kappa shape index (κ2) is 5.86. The lowest BCUT2D eigenvalue weighted by Gasteiger charge is -2.08. The van der Waals surface area contributed by atoms with Gasteiger partial charge in [0.05, 0.1) is 19.3 Å². The van der Waals surface area contributed by atoms with Crippen LogP contribution in [0.5, 0.6) is 5.75 Å². The average Bonchev–Trinajstić information content (AvgIpc) is 2.87. The Morgan fingerprint density at radius 3 is 2.70 bits per heavy atom. The standard InChI is InChI=1S/C12H13BrN2O4S/c1-18-11-5-8(13)4-9(6-11)15-20(16,17)12-3-2-10(7-14)19-12/h2-6,15H,7,14H2,1H3. The van der Waals surface area contributed by atoms with E-state index < -0.39 is 10.0 Å². The summed E-state index contributed by atoms with van der Waals surface area (Å²) in [6, 6.07) is 7.79. The van der Waals surface area contributed by atoms with Crippen LogP contribution in [0.15, 0.2) is 44.3 Å². The number of furan rings is 1. The number of halogens is 1. The van der Waals surface area contributed by atoms with Crippen LogP contribution in [-0.4, -0.2) is 15.5 Å². The second-order valence-corrected chi connectivity index (χ2v) is 6.44. The van der Waals surface area contributed by atoms with Crippen LogP contribution in [0.3, 0.4) is 0 Å². The summed E-state index contributed by atoms with van der Waals surface area (Å²) in [7, 11) is -2.29. The third-order valence-corrected chi connectivity index (χ3v) is 4.17. The smallest absolute Gasteiger partial charge is 0.295 e. The molecule has 0 spiro atoms. The highest BCUT2D eigenvalue weighted by Crippen LogP contribution is 2.26. The molecule has 0 fully saturated rings. The zero-order chi connectivity index (χ0) is 14.8. The summed E-state index contributed by atoms with van der Waals surface area (Å²) in [4.78, 5) is 0. The number of rotatable bonds is 5. The van der Waals surface area contributed by atoms with Crippen LogP contribution >= 0.6 is 15.9 Å². The molecule has 0 bridgehead atoms. The van der Waals surface area contributed by atoms with Gasteiger partial charge in [-0.1, -0.05) is 15.9 Å². The van der Waals surface area contributed by atoms with E-state index in [0.717, 1.165) is 0 Å². The largest absolute Gasteiger partial charge is 0.497 e. The van der Waals surface area contributed by atoms with Gasteiger partial charge in [0, 0.05) is 10.5 Å². The van der Waals surface area contributed by atoms with Crippen LogP contribution in [0.1, 0.15) is 5.76 Å². The second-order valence-electron chi connectivity index (χ2n) is 3.91. The predicted octanol–water partition coefficient (Wildman–Crippen LogP) is 2.31. The first-order valence-corrected chi connectivity index (χ1v) is 7.88. The molecule has 2 aromatic rings. The Kier molecular flexibility index (Phi) is 4.36. The Bertz CT molecular complexity index is 712. The van der Waals surface area contributed by atoms with Crippen LogP contribution in [0.2, 0.25) is 0 Å². The SMILES string of the molecule is COc1cc(Br)cc(NS(=O)(=O)c2ccc(CN)o2)c1. The molecule has 0 unspecified atom stereocenters. The zero-order valence-corrected chi connectivity index (χ0v) is 13.0. The molecule has 20 heavy (non-hydrogen) atoms.